The highest BCUT2D eigenvalue weighted by atomic mass is 32.2. The second kappa shape index (κ2) is 9.44. The molecule has 3 aromatic heterocycles. The van der Waals surface area contributed by atoms with Crippen molar-refractivity contribution in [3.63, 3.8) is 0 Å². The molecule has 1 N–H and O–H groups in total. The third-order valence-corrected chi connectivity index (χ3v) is 6.41. The molecule has 0 atom stereocenters. The van der Waals surface area contributed by atoms with Gasteiger partial charge in [-0.15, -0.1) is 0 Å². The van der Waals surface area contributed by atoms with Crippen LogP contribution in [0.5, 0.6) is 0 Å². The third kappa shape index (κ3) is 4.36. The fourth-order valence-corrected chi connectivity index (χ4v) is 4.74. The smallest absolute Gasteiger partial charge is 0.294 e. The second-order valence-electron chi connectivity index (χ2n) is 8.22. The Hall–Kier alpha value is -3.43. The zero-order valence-electron chi connectivity index (χ0n) is 18.9. The first kappa shape index (κ1) is 22.4. The van der Waals surface area contributed by atoms with E-state index in [1.165, 1.54) is 11.8 Å². The van der Waals surface area contributed by atoms with Crippen LogP contribution in [0.3, 0.4) is 0 Å². The molecule has 0 fully saturated rings. The van der Waals surface area contributed by atoms with Gasteiger partial charge in [0.2, 0.25) is 5.58 Å². The van der Waals surface area contributed by atoms with Crippen LogP contribution in [0.1, 0.15) is 26.1 Å². The van der Waals surface area contributed by atoms with Crippen LogP contribution < -0.4 is 11.1 Å². The molecular formula is C25H24N4O4S. The number of thioether (sulfide) groups is 1. The Morgan fingerprint density at radius 2 is 1.82 bits per heavy atom. The summed E-state index contributed by atoms with van der Waals surface area (Å²) in [6.45, 7) is 5.01. The lowest BCUT2D eigenvalue weighted by atomic mass is 10.2. The van der Waals surface area contributed by atoms with Crippen LogP contribution >= 0.6 is 11.8 Å². The molecule has 9 heteroatoms. The van der Waals surface area contributed by atoms with Gasteiger partial charge >= 0.3 is 0 Å². The molecule has 5 rings (SSSR count). The summed E-state index contributed by atoms with van der Waals surface area (Å²) in [5, 5.41) is 1.95. The lowest BCUT2D eigenvalue weighted by Gasteiger charge is -2.14. The summed E-state index contributed by atoms with van der Waals surface area (Å²) < 4.78 is 13.0. The Kier molecular flexibility index (Phi) is 6.21. The van der Waals surface area contributed by atoms with Gasteiger partial charge in [0.15, 0.2) is 5.16 Å². The molecule has 3 heterocycles. The van der Waals surface area contributed by atoms with Crippen LogP contribution in [0.2, 0.25) is 0 Å². The molecule has 0 aliphatic carbocycles. The SMILES string of the molecule is CC(C)OCCCn1c(SCc2nc3c(oc4ccccc43)c(=O)[nH]2)nc2ccccc2c1=O. The minimum absolute atomic E-state index is 0.0876. The van der Waals surface area contributed by atoms with Gasteiger partial charge in [-0.1, -0.05) is 36.0 Å². The van der Waals surface area contributed by atoms with Gasteiger partial charge in [-0.2, -0.15) is 0 Å². The Balaban J connectivity index is 1.47. The summed E-state index contributed by atoms with van der Waals surface area (Å²) in [7, 11) is 0. The number of nitrogens with one attached hydrogen (secondary N) is 1. The number of furan rings is 1. The van der Waals surface area contributed by atoms with Crippen molar-refractivity contribution in [2.24, 2.45) is 0 Å². The molecule has 0 unspecified atom stereocenters. The quantitative estimate of drug-likeness (QED) is 0.200. The molecule has 174 valence electrons. The van der Waals surface area contributed by atoms with Crippen LogP contribution in [0.15, 0.2) is 67.7 Å². The second-order valence-corrected chi connectivity index (χ2v) is 9.16. The van der Waals surface area contributed by atoms with Crippen molar-refractivity contribution >= 4 is 44.7 Å². The minimum Gasteiger partial charge on any atom is -0.449 e. The van der Waals surface area contributed by atoms with Crippen LogP contribution in [0.25, 0.3) is 33.0 Å². The Morgan fingerprint density at radius 3 is 2.65 bits per heavy atom. The lowest BCUT2D eigenvalue weighted by molar-refractivity contribution is 0.0743. The van der Waals surface area contributed by atoms with Crippen LogP contribution in [0, 0.1) is 0 Å². The number of ether oxygens (including phenoxy) is 1. The minimum atomic E-state index is -0.327. The van der Waals surface area contributed by atoms with Crippen molar-refractivity contribution in [1.29, 1.82) is 0 Å². The van der Waals surface area contributed by atoms with Gasteiger partial charge < -0.3 is 14.1 Å². The number of rotatable bonds is 8. The molecule has 0 aliphatic heterocycles. The maximum atomic E-state index is 13.2. The number of aromatic nitrogens is 4. The predicted octanol–water partition coefficient (Wildman–Crippen LogP) is 4.49. The molecule has 0 bridgehead atoms. The highest BCUT2D eigenvalue weighted by Crippen LogP contribution is 2.26. The van der Waals surface area contributed by atoms with E-state index in [0.29, 0.717) is 58.3 Å². The number of para-hydroxylation sites is 2. The predicted molar refractivity (Wildman–Crippen MR) is 133 cm³/mol. The highest BCUT2D eigenvalue weighted by Gasteiger charge is 2.15. The maximum absolute atomic E-state index is 13.2. The molecule has 0 amide bonds. The first-order valence-electron chi connectivity index (χ1n) is 11.2. The highest BCUT2D eigenvalue weighted by molar-refractivity contribution is 7.98. The normalized spacial score (nSPS) is 11.9. The maximum Gasteiger partial charge on any atom is 0.294 e. The number of nitrogens with zero attached hydrogens (tertiary/aromatic N) is 3. The van der Waals surface area contributed by atoms with Crippen molar-refractivity contribution in [3.8, 4) is 0 Å². The molecule has 8 nitrogen and oxygen atoms in total. The average molecular weight is 477 g/mol. The number of hydrogen-bond donors (Lipinski definition) is 1. The molecule has 5 aromatic rings. The topological polar surface area (TPSA) is 103 Å². The van der Waals surface area contributed by atoms with E-state index < -0.39 is 0 Å². The van der Waals surface area contributed by atoms with Gasteiger partial charge in [-0.3, -0.25) is 14.2 Å². The first-order valence-corrected chi connectivity index (χ1v) is 12.1. The van der Waals surface area contributed by atoms with Gasteiger partial charge in [0.1, 0.15) is 16.9 Å². The zero-order chi connectivity index (χ0) is 23.7. The average Bonchev–Trinajstić information content (AvgIpc) is 3.21. The molecule has 0 spiro atoms. The van der Waals surface area contributed by atoms with E-state index in [-0.39, 0.29) is 22.8 Å². The van der Waals surface area contributed by atoms with E-state index in [0.717, 1.165) is 5.39 Å². The van der Waals surface area contributed by atoms with E-state index in [1.807, 2.05) is 56.3 Å². The summed E-state index contributed by atoms with van der Waals surface area (Å²) in [5.74, 6) is 0.837. The van der Waals surface area contributed by atoms with Crippen LogP contribution in [-0.2, 0) is 17.0 Å². The first-order chi connectivity index (χ1) is 16.5. The van der Waals surface area contributed by atoms with E-state index in [1.54, 1.807) is 10.6 Å². The Bertz CT molecular complexity index is 1600. The molecule has 2 aromatic carbocycles. The van der Waals surface area contributed by atoms with Crippen molar-refractivity contribution in [2.75, 3.05) is 6.61 Å². The fourth-order valence-electron chi connectivity index (χ4n) is 3.85. The fraction of sp³-hybridized carbons (Fsp3) is 0.280. The molecule has 0 aliphatic rings. The van der Waals surface area contributed by atoms with Crippen LogP contribution in [0.4, 0.5) is 0 Å². The van der Waals surface area contributed by atoms with Gasteiger partial charge in [-0.05, 0) is 44.5 Å². The molecule has 0 radical (unpaired) electrons. The van der Waals surface area contributed by atoms with Crippen molar-refractivity contribution in [2.45, 2.75) is 43.8 Å². The molecule has 0 saturated heterocycles. The van der Waals surface area contributed by atoms with Gasteiger partial charge in [0.25, 0.3) is 11.1 Å². The van der Waals surface area contributed by atoms with Gasteiger partial charge in [-0.25, -0.2) is 9.97 Å². The molecule has 0 saturated carbocycles. The number of H-pyrrole nitrogens is 1. The molecular weight excluding hydrogens is 452 g/mol. The summed E-state index contributed by atoms with van der Waals surface area (Å²) in [4.78, 5) is 38.0. The van der Waals surface area contributed by atoms with Gasteiger partial charge in [0.05, 0.1) is 22.8 Å². The monoisotopic (exact) mass is 476 g/mol. The van der Waals surface area contributed by atoms with Crippen molar-refractivity contribution in [3.05, 3.63) is 75.1 Å². The van der Waals surface area contributed by atoms with Crippen molar-refractivity contribution in [1.82, 2.24) is 19.5 Å². The number of fused-ring (bicyclic) bond motifs is 4. The summed E-state index contributed by atoms with van der Waals surface area (Å²) in [6, 6.07) is 14.7. The van der Waals surface area contributed by atoms with E-state index >= 15 is 0 Å². The number of aromatic amines is 1. The van der Waals surface area contributed by atoms with E-state index in [2.05, 4.69) is 9.97 Å². The summed E-state index contributed by atoms with van der Waals surface area (Å²) in [6.07, 6.45) is 0.824. The van der Waals surface area contributed by atoms with Gasteiger partial charge in [0, 0.05) is 18.5 Å². The largest absolute Gasteiger partial charge is 0.449 e. The molecule has 34 heavy (non-hydrogen) atoms. The van der Waals surface area contributed by atoms with E-state index in [4.69, 9.17) is 14.1 Å². The summed E-state index contributed by atoms with van der Waals surface area (Å²) in [5.41, 5.74) is 1.59. The lowest BCUT2D eigenvalue weighted by Crippen LogP contribution is -2.24. The van der Waals surface area contributed by atoms with Crippen molar-refractivity contribution < 1.29 is 9.15 Å². The number of benzene rings is 2. The third-order valence-electron chi connectivity index (χ3n) is 5.42. The Morgan fingerprint density at radius 1 is 1.06 bits per heavy atom. The zero-order valence-corrected chi connectivity index (χ0v) is 19.7. The standard InChI is InChI=1S/C25H24N4O4S/c1-15(2)32-13-7-12-29-24(31)16-8-3-5-10-18(16)26-25(29)34-14-20-27-21-17-9-4-6-11-19(17)33-22(21)23(30)28-20/h3-6,8-11,15H,7,12-14H2,1-2H3,(H,27,28,30). The van der Waals surface area contributed by atoms with E-state index in [9.17, 15) is 9.59 Å². The Labute approximate surface area is 199 Å². The summed E-state index contributed by atoms with van der Waals surface area (Å²) >= 11 is 1.37. The van der Waals surface area contributed by atoms with Crippen LogP contribution in [-0.4, -0.2) is 32.2 Å². The number of hydrogen-bond acceptors (Lipinski definition) is 7.